The Morgan fingerprint density at radius 2 is 1.78 bits per heavy atom. The average Bonchev–Trinajstić information content (AvgIpc) is 2.71. The van der Waals surface area contributed by atoms with Gasteiger partial charge in [-0.25, -0.2) is 4.39 Å². The predicted octanol–water partition coefficient (Wildman–Crippen LogP) is 4.60. The van der Waals surface area contributed by atoms with E-state index in [4.69, 9.17) is 37.4 Å². The third kappa shape index (κ3) is 4.79. The van der Waals surface area contributed by atoms with Crippen molar-refractivity contribution in [3.8, 4) is 17.2 Å². The second-order valence-corrected chi connectivity index (χ2v) is 9.37. The minimum atomic E-state index is -0.603. The van der Waals surface area contributed by atoms with E-state index in [1.807, 2.05) is 0 Å². The first-order valence-corrected chi connectivity index (χ1v) is 10.8. The maximum absolute atomic E-state index is 13.4. The van der Waals surface area contributed by atoms with Gasteiger partial charge in [0, 0.05) is 29.1 Å². The summed E-state index contributed by atoms with van der Waals surface area (Å²) >= 11 is 11.6. The number of ether oxygens (including phenoxy) is 3. The van der Waals surface area contributed by atoms with Gasteiger partial charge in [-0.05, 0) is 48.9 Å². The number of carbonyl (C=O) groups excluding carboxylic acids is 2. The molecule has 0 aromatic heterocycles. The summed E-state index contributed by atoms with van der Waals surface area (Å²) in [4.78, 5) is 24.6. The summed E-state index contributed by atoms with van der Waals surface area (Å²) in [6.07, 6.45) is 2.65. The number of benzene rings is 2. The molecule has 3 saturated carbocycles. The Balaban J connectivity index is 1.19. The van der Waals surface area contributed by atoms with Gasteiger partial charge in [-0.15, -0.1) is 0 Å². The SMILES string of the molecule is COc1cc(Cl)ccc1OCC(=O)CC12CC(NC(=O)COc3ccc(Cl)c(F)c3)(C1)C2. The Labute approximate surface area is 194 Å². The van der Waals surface area contributed by atoms with Crippen molar-refractivity contribution in [3.63, 3.8) is 0 Å². The number of hydrogen-bond donors (Lipinski definition) is 1. The smallest absolute Gasteiger partial charge is 0.258 e. The maximum Gasteiger partial charge on any atom is 0.258 e. The Morgan fingerprint density at radius 3 is 2.47 bits per heavy atom. The monoisotopic (exact) mass is 481 g/mol. The second-order valence-electron chi connectivity index (χ2n) is 8.52. The molecule has 2 aromatic rings. The highest BCUT2D eigenvalue weighted by Gasteiger charge is 2.68. The van der Waals surface area contributed by atoms with E-state index in [-0.39, 0.29) is 46.6 Å². The standard InChI is InChI=1S/C23H22Cl2FNO5/c1-30-20-6-14(24)2-5-19(20)32-9-15(28)8-22-11-23(12-22,13-22)27-21(29)10-31-16-3-4-17(25)18(26)7-16/h2-7H,8-13H2,1H3,(H,27,29). The van der Waals surface area contributed by atoms with Gasteiger partial charge in [-0.1, -0.05) is 23.2 Å². The molecule has 0 heterocycles. The molecule has 3 aliphatic carbocycles. The summed E-state index contributed by atoms with van der Waals surface area (Å²) in [5, 5.41) is 3.49. The Hall–Kier alpha value is -2.51. The molecule has 32 heavy (non-hydrogen) atoms. The number of nitrogens with one attached hydrogen (secondary N) is 1. The first-order chi connectivity index (χ1) is 15.2. The van der Waals surface area contributed by atoms with Crippen molar-refractivity contribution >= 4 is 34.9 Å². The van der Waals surface area contributed by atoms with Crippen LogP contribution in [0.3, 0.4) is 0 Å². The first-order valence-electron chi connectivity index (χ1n) is 10.1. The molecule has 170 valence electrons. The lowest BCUT2D eigenvalue weighted by molar-refractivity contribution is -0.173. The van der Waals surface area contributed by atoms with Crippen molar-refractivity contribution in [3.05, 3.63) is 52.3 Å². The van der Waals surface area contributed by atoms with Gasteiger partial charge in [-0.3, -0.25) is 9.59 Å². The normalized spacial score (nSPS) is 22.9. The van der Waals surface area contributed by atoms with Crippen LogP contribution >= 0.6 is 23.2 Å². The summed E-state index contributed by atoms with van der Waals surface area (Å²) < 4.78 is 29.6. The van der Waals surface area contributed by atoms with E-state index in [9.17, 15) is 14.0 Å². The highest BCUT2D eigenvalue weighted by atomic mass is 35.5. The predicted molar refractivity (Wildman–Crippen MR) is 117 cm³/mol. The molecule has 0 unspecified atom stereocenters. The lowest BCUT2D eigenvalue weighted by Gasteiger charge is -2.70. The molecule has 3 fully saturated rings. The number of halogens is 3. The largest absolute Gasteiger partial charge is 0.493 e. The van der Waals surface area contributed by atoms with Gasteiger partial charge in [0.25, 0.3) is 5.91 Å². The summed E-state index contributed by atoms with van der Waals surface area (Å²) in [7, 11) is 1.51. The topological polar surface area (TPSA) is 73.9 Å². The van der Waals surface area contributed by atoms with Gasteiger partial charge in [0.05, 0.1) is 12.1 Å². The van der Waals surface area contributed by atoms with Crippen LogP contribution in [-0.2, 0) is 9.59 Å². The zero-order valence-corrected chi connectivity index (χ0v) is 18.9. The first kappa shape index (κ1) is 22.7. The molecule has 0 radical (unpaired) electrons. The highest BCUT2D eigenvalue weighted by Crippen LogP contribution is 2.69. The van der Waals surface area contributed by atoms with Crippen LogP contribution in [0.4, 0.5) is 4.39 Å². The highest BCUT2D eigenvalue weighted by molar-refractivity contribution is 6.31. The van der Waals surface area contributed by atoms with E-state index < -0.39 is 5.82 Å². The van der Waals surface area contributed by atoms with Crippen LogP contribution in [0.15, 0.2) is 36.4 Å². The molecule has 5 rings (SSSR count). The van der Waals surface area contributed by atoms with E-state index >= 15 is 0 Å². The van der Waals surface area contributed by atoms with E-state index in [1.165, 1.54) is 19.2 Å². The zero-order chi connectivity index (χ0) is 22.9. The summed E-state index contributed by atoms with van der Waals surface area (Å²) in [5.74, 6) is 0.286. The van der Waals surface area contributed by atoms with Gasteiger partial charge in [0.1, 0.15) is 18.2 Å². The zero-order valence-electron chi connectivity index (χ0n) is 17.4. The fourth-order valence-corrected chi connectivity index (χ4v) is 5.03. The molecule has 6 nitrogen and oxygen atoms in total. The van der Waals surface area contributed by atoms with Crippen molar-refractivity contribution in [1.29, 1.82) is 0 Å². The number of carbonyl (C=O) groups is 2. The molecule has 9 heteroatoms. The van der Waals surface area contributed by atoms with Crippen molar-refractivity contribution in [2.24, 2.45) is 5.41 Å². The lowest BCUT2D eigenvalue weighted by atomic mass is 9.38. The maximum atomic E-state index is 13.4. The number of rotatable bonds is 10. The van der Waals surface area contributed by atoms with Crippen LogP contribution < -0.4 is 19.5 Å². The number of hydrogen-bond acceptors (Lipinski definition) is 5. The van der Waals surface area contributed by atoms with Crippen molar-refractivity contribution < 1.29 is 28.2 Å². The molecular weight excluding hydrogens is 460 g/mol. The Bertz CT molecular complexity index is 1040. The van der Waals surface area contributed by atoms with Crippen LogP contribution in [0.1, 0.15) is 25.7 Å². The number of methoxy groups -OCH3 is 1. The van der Waals surface area contributed by atoms with Crippen LogP contribution in [0.2, 0.25) is 10.0 Å². The summed E-state index contributed by atoms with van der Waals surface area (Å²) in [6, 6.07) is 8.98. The molecule has 0 aliphatic heterocycles. The van der Waals surface area contributed by atoms with Crippen LogP contribution in [0.5, 0.6) is 17.2 Å². The quantitative estimate of drug-likeness (QED) is 0.536. The fourth-order valence-electron chi connectivity index (χ4n) is 4.75. The summed E-state index contributed by atoms with van der Waals surface area (Å²) in [5.41, 5.74) is -0.343. The van der Waals surface area contributed by atoms with Crippen LogP contribution in [-0.4, -0.2) is 37.6 Å². The molecule has 1 N–H and O–H groups in total. The third-order valence-corrected chi connectivity index (χ3v) is 6.43. The molecule has 0 spiro atoms. The van der Waals surface area contributed by atoms with Gasteiger partial charge >= 0.3 is 0 Å². The molecule has 2 aromatic carbocycles. The van der Waals surface area contributed by atoms with Gasteiger partial charge in [0.2, 0.25) is 0 Å². The number of Topliss-reactive ketones (excluding diaryl/α,β-unsaturated/α-hetero) is 1. The van der Waals surface area contributed by atoms with E-state index in [1.54, 1.807) is 18.2 Å². The minimum Gasteiger partial charge on any atom is -0.493 e. The lowest BCUT2D eigenvalue weighted by Crippen LogP contribution is -2.75. The minimum absolute atomic E-state index is 0.00488. The fraction of sp³-hybridized carbons (Fsp3) is 0.391. The summed E-state index contributed by atoms with van der Waals surface area (Å²) in [6.45, 7) is -0.268. The molecule has 0 saturated heterocycles. The van der Waals surface area contributed by atoms with Crippen molar-refractivity contribution in [2.45, 2.75) is 31.2 Å². The van der Waals surface area contributed by atoms with E-state index in [2.05, 4.69) is 5.32 Å². The van der Waals surface area contributed by atoms with Gasteiger partial charge in [-0.2, -0.15) is 0 Å². The van der Waals surface area contributed by atoms with Crippen LogP contribution in [0.25, 0.3) is 0 Å². The number of amides is 1. The van der Waals surface area contributed by atoms with E-state index in [0.29, 0.717) is 22.9 Å². The number of ketones is 1. The average molecular weight is 482 g/mol. The van der Waals surface area contributed by atoms with Crippen LogP contribution in [0, 0.1) is 11.2 Å². The molecule has 3 aliphatic rings. The van der Waals surface area contributed by atoms with Gasteiger partial charge in [0.15, 0.2) is 23.9 Å². The van der Waals surface area contributed by atoms with Crippen molar-refractivity contribution in [2.75, 3.05) is 20.3 Å². The van der Waals surface area contributed by atoms with Crippen molar-refractivity contribution in [1.82, 2.24) is 5.32 Å². The van der Waals surface area contributed by atoms with Gasteiger partial charge < -0.3 is 19.5 Å². The molecule has 2 bridgehead atoms. The third-order valence-electron chi connectivity index (χ3n) is 5.89. The van der Waals surface area contributed by atoms with E-state index in [0.717, 1.165) is 25.3 Å². The second kappa shape index (κ2) is 8.79. The molecule has 0 atom stereocenters. The molecular formula is C23H22Cl2FNO5. The molecule has 1 amide bonds. The Kier molecular flexibility index (Phi) is 6.23. The Morgan fingerprint density at radius 1 is 1.03 bits per heavy atom.